The Morgan fingerprint density at radius 2 is 1.94 bits per heavy atom. The Bertz CT molecular complexity index is 218. The van der Waals surface area contributed by atoms with Crippen molar-refractivity contribution in [3.63, 3.8) is 0 Å². The first-order valence-corrected chi connectivity index (χ1v) is 7.07. The zero-order chi connectivity index (χ0) is 12.4. The summed E-state index contributed by atoms with van der Waals surface area (Å²) in [5, 5.41) is 0. The lowest BCUT2D eigenvalue weighted by Crippen LogP contribution is -2.23. The van der Waals surface area contributed by atoms with Crippen molar-refractivity contribution >= 4 is 34.5 Å². The van der Waals surface area contributed by atoms with Crippen LogP contribution in [0.4, 0.5) is 0 Å². The molecule has 0 aromatic carbocycles. The van der Waals surface area contributed by atoms with Gasteiger partial charge >= 0.3 is 11.9 Å². The highest BCUT2D eigenvalue weighted by Gasteiger charge is 2.17. The first-order chi connectivity index (χ1) is 7.63. The molecule has 1 unspecified atom stereocenters. The van der Waals surface area contributed by atoms with Crippen LogP contribution in [-0.4, -0.2) is 29.1 Å². The predicted octanol–water partition coefficient (Wildman–Crippen LogP) is 2.48. The molecule has 0 amide bonds. The van der Waals surface area contributed by atoms with Gasteiger partial charge in [-0.1, -0.05) is 42.9 Å². The lowest BCUT2D eigenvalue weighted by Gasteiger charge is -2.14. The molecule has 0 saturated carbocycles. The molecule has 0 bridgehead atoms. The molecular formula is C11H19IO4. The third kappa shape index (κ3) is 7.90. The third-order valence-corrected chi connectivity index (χ3v) is 2.90. The van der Waals surface area contributed by atoms with Gasteiger partial charge < -0.3 is 9.47 Å². The molecule has 0 aliphatic rings. The number of esters is 2. The molecule has 0 saturated heterocycles. The minimum Gasteiger partial charge on any atom is -0.466 e. The average Bonchev–Trinajstić information content (AvgIpc) is 2.28. The summed E-state index contributed by atoms with van der Waals surface area (Å²) in [6, 6.07) is 0. The second-order valence-corrected chi connectivity index (χ2v) is 4.28. The molecule has 0 spiro atoms. The summed E-state index contributed by atoms with van der Waals surface area (Å²) in [7, 11) is 0. The van der Waals surface area contributed by atoms with Crippen molar-refractivity contribution in [3.05, 3.63) is 0 Å². The van der Waals surface area contributed by atoms with Crippen molar-refractivity contribution in [2.24, 2.45) is 0 Å². The van der Waals surface area contributed by atoms with E-state index in [2.05, 4.69) is 22.6 Å². The molecule has 0 radical (unpaired) electrons. The number of halogens is 1. The second-order valence-electron chi connectivity index (χ2n) is 3.40. The van der Waals surface area contributed by atoms with E-state index in [1.54, 1.807) is 6.92 Å². The molecule has 0 heterocycles. The number of hydrogen-bond donors (Lipinski definition) is 0. The second kappa shape index (κ2) is 9.86. The van der Waals surface area contributed by atoms with E-state index in [1.165, 1.54) is 0 Å². The number of rotatable bonds is 8. The summed E-state index contributed by atoms with van der Waals surface area (Å²) in [5.74, 6) is -0.568. The molecule has 1 atom stereocenters. The van der Waals surface area contributed by atoms with E-state index in [9.17, 15) is 9.59 Å². The van der Waals surface area contributed by atoms with Gasteiger partial charge in [0.15, 0.2) is 0 Å². The van der Waals surface area contributed by atoms with Crippen LogP contribution in [0.3, 0.4) is 0 Å². The molecule has 94 valence electrons. The Morgan fingerprint density at radius 3 is 2.44 bits per heavy atom. The zero-order valence-electron chi connectivity index (χ0n) is 9.83. The number of carbonyl (C=O) groups is 2. The Morgan fingerprint density at radius 1 is 1.25 bits per heavy atom. The number of hydrogen-bond acceptors (Lipinski definition) is 4. The van der Waals surface area contributed by atoms with Crippen LogP contribution >= 0.6 is 22.6 Å². The summed E-state index contributed by atoms with van der Waals surface area (Å²) < 4.78 is 10.7. The van der Waals surface area contributed by atoms with Crippen molar-refractivity contribution in [2.45, 2.75) is 45.6 Å². The molecule has 4 nitrogen and oxygen atoms in total. The van der Waals surface area contributed by atoms with Gasteiger partial charge in [-0.3, -0.25) is 9.59 Å². The molecular weight excluding hydrogens is 323 g/mol. The van der Waals surface area contributed by atoms with E-state index in [1.807, 2.05) is 6.92 Å². The molecule has 0 aliphatic carbocycles. The van der Waals surface area contributed by atoms with Crippen molar-refractivity contribution in [3.8, 4) is 0 Å². The SMILES string of the molecule is CCCCOC(=O)CC(CI)OC(=O)CC. The van der Waals surface area contributed by atoms with Crippen molar-refractivity contribution in [2.75, 3.05) is 11.0 Å². The average molecular weight is 342 g/mol. The minimum atomic E-state index is -0.359. The molecule has 0 rings (SSSR count). The quantitative estimate of drug-likeness (QED) is 0.294. The summed E-state index contributed by atoms with van der Waals surface area (Å²) in [6.07, 6.45) is 1.99. The maximum Gasteiger partial charge on any atom is 0.309 e. The molecule has 5 heteroatoms. The van der Waals surface area contributed by atoms with Crippen LogP contribution in [0.2, 0.25) is 0 Å². The van der Waals surface area contributed by atoms with Gasteiger partial charge in [-0.05, 0) is 6.42 Å². The van der Waals surface area contributed by atoms with Gasteiger partial charge in [-0.15, -0.1) is 0 Å². The summed E-state index contributed by atoms with van der Waals surface area (Å²) in [6.45, 7) is 4.21. The van der Waals surface area contributed by atoms with E-state index in [-0.39, 0.29) is 24.5 Å². The zero-order valence-corrected chi connectivity index (χ0v) is 12.0. The maximum atomic E-state index is 11.3. The van der Waals surface area contributed by atoms with Gasteiger partial charge in [0.2, 0.25) is 0 Å². The van der Waals surface area contributed by atoms with Gasteiger partial charge in [0, 0.05) is 10.8 Å². The fourth-order valence-electron chi connectivity index (χ4n) is 0.972. The summed E-state index contributed by atoms with van der Waals surface area (Å²) in [5.41, 5.74) is 0. The largest absolute Gasteiger partial charge is 0.466 e. The van der Waals surface area contributed by atoms with Gasteiger partial charge in [0.25, 0.3) is 0 Å². The topological polar surface area (TPSA) is 52.6 Å². The van der Waals surface area contributed by atoms with Crippen LogP contribution in [-0.2, 0) is 19.1 Å². The Hall–Kier alpha value is -0.330. The van der Waals surface area contributed by atoms with E-state index >= 15 is 0 Å². The smallest absolute Gasteiger partial charge is 0.309 e. The summed E-state index contributed by atoms with van der Waals surface area (Å²) in [4.78, 5) is 22.4. The lowest BCUT2D eigenvalue weighted by atomic mass is 10.3. The number of alkyl halides is 1. The molecule has 16 heavy (non-hydrogen) atoms. The van der Waals surface area contributed by atoms with Crippen molar-refractivity contribution in [1.82, 2.24) is 0 Å². The highest BCUT2D eigenvalue weighted by Crippen LogP contribution is 2.06. The van der Waals surface area contributed by atoms with E-state index in [0.29, 0.717) is 17.5 Å². The summed E-state index contributed by atoms with van der Waals surface area (Å²) >= 11 is 2.09. The van der Waals surface area contributed by atoms with Crippen LogP contribution < -0.4 is 0 Å². The molecule has 0 aromatic heterocycles. The van der Waals surface area contributed by atoms with Gasteiger partial charge in [-0.25, -0.2) is 0 Å². The van der Waals surface area contributed by atoms with E-state index < -0.39 is 0 Å². The third-order valence-electron chi connectivity index (χ3n) is 1.91. The van der Waals surface area contributed by atoms with E-state index in [4.69, 9.17) is 9.47 Å². The Labute approximate surface area is 110 Å². The first kappa shape index (κ1) is 15.7. The van der Waals surface area contributed by atoms with Crippen LogP contribution in [0.25, 0.3) is 0 Å². The number of ether oxygens (including phenoxy) is 2. The predicted molar refractivity (Wildman–Crippen MR) is 69.5 cm³/mol. The highest BCUT2D eigenvalue weighted by molar-refractivity contribution is 14.1. The normalized spacial score (nSPS) is 11.9. The number of carbonyl (C=O) groups excluding carboxylic acids is 2. The maximum absolute atomic E-state index is 11.3. The van der Waals surface area contributed by atoms with E-state index in [0.717, 1.165) is 12.8 Å². The standard InChI is InChI=1S/C11H19IO4/c1-3-5-6-15-11(14)7-9(8-12)16-10(13)4-2/h9H,3-8H2,1-2H3. The monoisotopic (exact) mass is 342 g/mol. The Kier molecular flexibility index (Phi) is 9.66. The molecule has 0 N–H and O–H groups in total. The van der Waals surface area contributed by atoms with Gasteiger partial charge in [0.1, 0.15) is 6.10 Å². The fourth-order valence-corrected chi connectivity index (χ4v) is 1.46. The van der Waals surface area contributed by atoms with Crippen molar-refractivity contribution in [1.29, 1.82) is 0 Å². The minimum absolute atomic E-state index is 0.151. The highest BCUT2D eigenvalue weighted by atomic mass is 127. The number of unbranched alkanes of at least 4 members (excludes halogenated alkanes) is 1. The lowest BCUT2D eigenvalue weighted by molar-refractivity contribution is -0.153. The molecule has 0 fully saturated rings. The molecule has 0 aliphatic heterocycles. The van der Waals surface area contributed by atoms with Gasteiger partial charge in [-0.2, -0.15) is 0 Å². The first-order valence-electron chi connectivity index (χ1n) is 5.55. The van der Waals surface area contributed by atoms with Crippen LogP contribution in [0.1, 0.15) is 39.5 Å². The fraction of sp³-hybridized carbons (Fsp3) is 0.818. The molecule has 0 aromatic rings. The van der Waals surface area contributed by atoms with Crippen LogP contribution in [0, 0.1) is 0 Å². The van der Waals surface area contributed by atoms with Crippen LogP contribution in [0.15, 0.2) is 0 Å². The van der Waals surface area contributed by atoms with Crippen molar-refractivity contribution < 1.29 is 19.1 Å². The van der Waals surface area contributed by atoms with Crippen LogP contribution in [0.5, 0.6) is 0 Å². The Balaban J connectivity index is 3.83. The van der Waals surface area contributed by atoms with Gasteiger partial charge in [0.05, 0.1) is 13.0 Å².